The lowest BCUT2D eigenvalue weighted by molar-refractivity contribution is -0.144. The number of furan rings is 1. The van der Waals surface area contributed by atoms with E-state index in [4.69, 9.17) is 19.5 Å². The Morgan fingerprint density at radius 1 is 1.62 bits per heavy atom. The number of carboxylic acid groups (broad SMARTS) is 1. The van der Waals surface area contributed by atoms with E-state index in [9.17, 15) is 9.59 Å². The molecule has 0 aromatic carbocycles. The van der Waals surface area contributed by atoms with Gasteiger partial charge in [0, 0.05) is 6.07 Å². The van der Waals surface area contributed by atoms with E-state index >= 15 is 0 Å². The van der Waals surface area contributed by atoms with Crippen molar-refractivity contribution in [3.63, 3.8) is 0 Å². The number of carbonyl (C=O) groups is 2. The first-order valence-electron chi connectivity index (χ1n) is 4.05. The van der Waals surface area contributed by atoms with Gasteiger partial charge in [-0.05, 0) is 0 Å². The molecule has 7 nitrogen and oxygen atoms in total. The van der Waals surface area contributed by atoms with Gasteiger partial charge in [-0.1, -0.05) is 0 Å². The number of ether oxygens (including phenoxy) is 2. The highest BCUT2D eigenvalue weighted by Crippen LogP contribution is 2.20. The first kappa shape index (κ1) is 11.6. The molecule has 0 amide bonds. The lowest BCUT2D eigenvalue weighted by Crippen LogP contribution is -2.25. The standard InChI is InChI=1S/C9H7NO6/c1-14-5-2-3-15-7(5)9(13)16-6(4-10)8(11)12/h2-3,6H,1H3,(H,11,12). The van der Waals surface area contributed by atoms with E-state index in [1.54, 1.807) is 0 Å². The Bertz CT molecular complexity index is 443. The van der Waals surface area contributed by atoms with Gasteiger partial charge in [0.1, 0.15) is 6.07 Å². The average Bonchev–Trinajstić information content (AvgIpc) is 2.72. The van der Waals surface area contributed by atoms with Crippen molar-refractivity contribution in [3.8, 4) is 11.8 Å². The maximum atomic E-state index is 11.3. The van der Waals surface area contributed by atoms with E-state index in [1.807, 2.05) is 0 Å². The van der Waals surface area contributed by atoms with Crippen LogP contribution in [-0.2, 0) is 9.53 Å². The minimum Gasteiger partial charge on any atom is -0.492 e. The number of carbonyl (C=O) groups excluding carboxylic acids is 1. The molecule has 0 aliphatic rings. The fourth-order valence-electron chi connectivity index (χ4n) is 0.900. The predicted molar refractivity (Wildman–Crippen MR) is 47.7 cm³/mol. The van der Waals surface area contributed by atoms with Crippen LogP contribution in [0.3, 0.4) is 0 Å². The van der Waals surface area contributed by atoms with Crippen molar-refractivity contribution in [1.82, 2.24) is 0 Å². The monoisotopic (exact) mass is 225 g/mol. The molecule has 0 bridgehead atoms. The first-order chi connectivity index (χ1) is 7.60. The molecule has 1 rings (SSSR count). The Labute approximate surface area is 89.8 Å². The van der Waals surface area contributed by atoms with E-state index in [0.717, 1.165) is 0 Å². The SMILES string of the molecule is COc1ccoc1C(=O)OC(C#N)C(=O)O. The number of carboxylic acids is 1. The zero-order valence-electron chi connectivity index (χ0n) is 8.17. The summed E-state index contributed by atoms with van der Waals surface area (Å²) in [6.45, 7) is 0. The molecule has 1 heterocycles. The molecular weight excluding hydrogens is 218 g/mol. The fourth-order valence-corrected chi connectivity index (χ4v) is 0.900. The Kier molecular flexibility index (Phi) is 3.50. The lowest BCUT2D eigenvalue weighted by atomic mass is 10.4. The van der Waals surface area contributed by atoms with E-state index < -0.39 is 18.0 Å². The summed E-state index contributed by atoms with van der Waals surface area (Å²) in [4.78, 5) is 21.8. The van der Waals surface area contributed by atoms with Gasteiger partial charge in [-0.2, -0.15) is 5.26 Å². The number of aliphatic carboxylic acids is 1. The molecule has 0 fully saturated rings. The third-order valence-corrected chi connectivity index (χ3v) is 1.60. The van der Waals surface area contributed by atoms with Gasteiger partial charge in [0.15, 0.2) is 5.75 Å². The normalized spacial score (nSPS) is 11.2. The highest BCUT2D eigenvalue weighted by atomic mass is 16.6. The summed E-state index contributed by atoms with van der Waals surface area (Å²) in [6, 6.07) is 2.67. The number of methoxy groups -OCH3 is 1. The maximum Gasteiger partial charge on any atom is 0.380 e. The molecule has 0 spiro atoms. The molecule has 0 saturated carbocycles. The molecule has 0 aliphatic carbocycles. The topological polar surface area (TPSA) is 110 Å². The smallest absolute Gasteiger partial charge is 0.380 e. The molecule has 84 valence electrons. The number of nitriles is 1. The van der Waals surface area contributed by atoms with Gasteiger partial charge >= 0.3 is 11.9 Å². The molecule has 1 aromatic rings. The van der Waals surface area contributed by atoms with Gasteiger partial charge in [-0.3, -0.25) is 0 Å². The summed E-state index contributed by atoms with van der Waals surface area (Å²) in [7, 11) is 1.31. The maximum absolute atomic E-state index is 11.3. The van der Waals surface area contributed by atoms with Crippen molar-refractivity contribution in [2.24, 2.45) is 0 Å². The van der Waals surface area contributed by atoms with E-state index in [2.05, 4.69) is 4.74 Å². The van der Waals surface area contributed by atoms with Gasteiger partial charge < -0.3 is 19.0 Å². The first-order valence-corrected chi connectivity index (χ1v) is 4.05. The van der Waals surface area contributed by atoms with Crippen LogP contribution in [0.1, 0.15) is 10.6 Å². The number of rotatable bonds is 4. The number of nitrogens with zero attached hydrogens (tertiary/aromatic N) is 1. The molecule has 7 heteroatoms. The molecule has 0 radical (unpaired) electrons. The quantitative estimate of drug-likeness (QED) is 0.739. The second-order valence-corrected chi connectivity index (χ2v) is 2.57. The second-order valence-electron chi connectivity index (χ2n) is 2.57. The van der Waals surface area contributed by atoms with E-state index in [0.29, 0.717) is 0 Å². The van der Waals surface area contributed by atoms with Crippen LogP contribution in [0.4, 0.5) is 0 Å². The summed E-state index contributed by atoms with van der Waals surface area (Å²) in [6.07, 6.45) is -0.695. The van der Waals surface area contributed by atoms with Crippen molar-refractivity contribution in [2.75, 3.05) is 7.11 Å². The summed E-state index contributed by atoms with van der Waals surface area (Å²) in [5.41, 5.74) is 0. The van der Waals surface area contributed by atoms with Crippen LogP contribution in [-0.4, -0.2) is 30.3 Å². The number of esters is 1. The highest BCUT2D eigenvalue weighted by molar-refractivity contribution is 5.91. The zero-order chi connectivity index (χ0) is 12.1. The fraction of sp³-hybridized carbons (Fsp3) is 0.222. The Hall–Kier alpha value is -2.49. The molecule has 1 N–H and O–H groups in total. The minimum absolute atomic E-state index is 0.104. The molecular formula is C9H7NO6. The molecule has 1 unspecified atom stereocenters. The Morgan fingerprint density at radius 3 is 2.81 bits per heavy atom. The highest BCUT2D eigenvalue weighted by Gasteiger charge is 2.26. The summed E-state index contributed by atoms with van der Waals surface area (Å²) < 4.78 is 13.9. The van der Waals surface area contributed by atoms with Gasteiger partial charge in [0.2, 0.25) is 0 Å². The van der Waals surface area contributed by atoms with Gasteiger partial charge in [0.25, 0.3) is 11.9 Å². The van der Waals surface area contributed by atoms with E-state index in [-0.39, 0.29) is 11.5 Å². The van der Waals surface area contributed by atoms with Crippen LogP contribution in [0.15, 0.2) is 16.7 Å². The average molecular weight is 225 g/mol. The second kappa shape index (κ2) is 4.84. The Balaban J connectivity index is 2.80. The molecule has 1 aromatic heterocycles. The van der Waals surface area contributed by atoms with Crippen LogP contribution in [0.2, 0.25) is 0 Å². The predicted octanol–water partition coefficient (Wildman–Crippen LogP) is 0.422. The third-order valence-electron chi connectivity index (χ3n) is 1.60. The van der Waals surface area contributed by atoms with Crippen LogP contribution < -0.4 is 4.74 Å². The summed E-state index contributed by atoms with van der Waals surface area (Å²) >= 11 is 0. The summed E-state index contributed by atoms with van der Waals surface area (Å²) in [5, 5.41) is 16.9. The Morgan fingerprint density at radius 2 is 2.31 bits per heavy atom. The van der Waals surface area contributed by atoms with Crippen molar-refractivity contribution < 1.29 is 28.6 Å². The largest absolute Gasteiger partial charge is 0.492 e. The van der Waals surface area contributed by atoms with Crippen LogP contribution in [0.25, 0.3) is 0 Å². The van der Waals surface area contributed by atoms with Crippen molar-refractivity contribution in [1.29, 1.82) is 5.26 Å². The molecule has 16 heavy (non-hydrogen) atoms. The van der Waals surface area contributed by atoms with Gasteiger partial charge in [-0.25, -0.2) is 9.59 Å². The third kappa shape index (κ3) is 2.30. The zero-order valence-corrected chi connectivity index (χ0v) is 8.17. The molecule has 1 atom stereocenters. The number of hydrogen-bond donors (Lipinski definition) is 1. The van der Waals surface area contributed by atoms with Gasteiger partial charge in [-0.15, -0.1) is 0 Å². The lowest BCUT2D eigenvalue weighted by Gasteiger charge is -2.05. The van der Waals surface area contributed by atoms with Crippen LogP contribution in [0.5, 0.6) is 5.75 Å². The van der Waals surface area contributed by atoms with Crippen molar-refractivity contribution >= 4 is 11.9 Å². The molecule has 0 saturated heterocycles. The van der Waals surface area contributed by atoms with Crippen molar-refractivity contribution in [3.05, 3.63) is 18.1 Å². The van der Waals surface area contributed by atoms with Crippen LogP contribution in [0, 0.1) is 11.3 Å². The summed E-state index contributed by atoms with van der Waals surface area (Å²) in [5.74, 6) is -2.81. The molecule has 0 aliphatic heterocycles. The van der Waals surface area contributed by atoms with Gasteiger partial charge in [0.05, 0.1) is 13.4 Å². The number of hydrogen-bond acceptors (Lipinski definition) is 6. The van der Waals surface area contributed by atoms with Crippen LogP contribution >= 0.6 is 0 Å². The minimum atomic E-state index is -1.87. The van der Waals surface area contributed by atoms with Crippen molar-refractivity contribution in [2.45, 2.75) is 6.10 Å². The van der Waals surface area contributed by atoms with E-state index in [1.165, 1.54) is 25.5 Å².